The maximum Gasteiger partial charge on any atom is 0.252 e. The zero-order valence-corrected chi connectivity index (χ0v) is 15.0. The molecule has 1 aromatic heterocycles. The van der Waals surface area contributed by atoms with E-state index in [-0.39, 0.29) is 29.1 Å². The van der Waals surface area contributed by atoms with E-state index in [2.05, 4.69) is 20.9 Å². The van der Waals surface area contributed by atoms with E-state index < -0.39 is 11.7 Å². The minimum Gasteiger partial charge on any atom is -0.367 e. The van der Waals surface area contributed by atoms with Gasteiger partial charge in [0.1, 0.15) is 5.82 Å². The highest BCUT2D eigenvalue weighted by molar-refractivity contribution is 5.98. The van der Waals surface area contributed by atoms with Crippen LogP contribution in [-0.4, -0.2) is 22.8 Å². The first-order valence-corrected chi connectivity index (χ1v) is 8.84. The van der Waals surface area contributed by atoms with Gasteiger partial charge in [0.15, 0.2) is 11.6 Å². The fourth-order valence-corrected chi connectivity index (χ4v) is 3.15. The molecule has 2 aromatic rings. The van der Waals surface area contributed by atoms with Crippen molar-refractivity contribution in [1.29, 1.82) is 0 Å². The first-order valence-electron chi connectivity index (χ1n) is 8.84. The van der Waals surface area contributed by atoms with E-state index >= 15 is 0 Å². The molecule has 142 valence electrons. The molecule has 0 radical (unpaired) electrons. The number of anilines is 4. The average Bonchev–Trinajstić information content (AvgIpc) is 3.10. The molecule has 7 nitrogen and oxygen atoms in total. The number of nitrogens with zero attached hydrogens (tertiary/aromatic N) is 1. The van der Waals surface area contributed by atoms with Crippen molar-refractivity contribution in [3.05, 3.63) is 41.7 Å². The number of benzene rings is 1. The molecule has 1 fully saturated rings. The lowest BCUT2D eigenvalue weighted by atomic mass is 10.2. The molecule has 0 aliphatic heterocycles. The predicted octanol–water partition coefficient (Wildman–Crippen LogP) is 3.38. The highest BCUT2D eigenvalue weighted by atomic mass is 19.1. The molecule has 1 aliphatic carbocycles. The second-order valence-corrected chi connectivity index (χ2v) is 6.59. The Kier molecular flexibility index (Phi) is 5.54. The average molecular weight is 371 g/mol. The normalized spacial score (nSPS) is 14.0. The minimum atomic E-state index is -0.735. The number of carbonyl (C=O) groups excluding carboxylic acids is 2. The van der Waals surface area contributed by atoms with Gasteiger partial charge in [-0.05, 0) is 37.1 Å². The summed E-state index contributed by atoms with van der Waals surface area (Å²) >= 11 is 0. The number of nitrogens with one attached hydrogen (secondary N) is 3. The molecule has 27 heavy (non-hydrogen) atoms. The number of primary amides is 1. The number of halogens is 1. The number of pyridine rings is 1. The molecule has 1 aliphatic rings. The summed E-state index contributed by atoms with van der Waals surface area (Å²) in [6, 6.07) is 8.11. The monoisotopic (exact) mass is 371 g/mol. The molecule has 0 bridgehead atoms. The second kappa shape index (κ2) is 8.03. The number of hydrogen-bond acceptors (Lipinski definition) is 5. The van der Waals surface area contributed by atoms with Crippen molar-refractivity contribution in [1.82, 2.24) is 4.98 Å². The Bertz CT molecular complexity index is 865. The molecule has 1 aromatic carbocycles. The third kappa shape index (κ3) is 4.72. The Labute approximate surface area is 156 Å². The SMILES string of the molecule is CC(=O)Nc1cccc(Nc2nc(NC3CCCC3)c(C(N)=O)cc2F)c1. The summed E-state index contributed by atoms with van der Waals surface area (Å²) in [6.45, 7) is 1.41. The molecule has 5 N–H and O–H groups in total. The van der Waals surface area contributed by atoms with Gasteiger partial charge < -0.3 is 21.7 Å². The summed E-state index contributed by atoms with van der Waals surface area (Å²) in [6.07, 6.45) is 4.15. The van der Waals surface area contributed by atoms with Gasteiger partial charge in [0.05, 0.1) is 5.56 Å². The molecular formula is C19H22FN5O2. The lowest BCUT2D eigenvalue weighted by Gasteiger charge is -2.17. The zero-order valence-electron chi connectivity index (χ0n) is 15.0. The van der Waals surface area contributed by atoms with E-state index in [1.54, 1.807) is 24.3 Å². The Balaban J connectivity index is 1.88. The zero-order chi connectivity index (χ0) is 19.4. The summed E-state index contributed by atoms with van der Waals surface area (Å²) in [5, 5.41) is 8.76. The molecule has 8 heteroatoms. The van der Waals surface area contributed by atoms with Crippen molar-refractivity contribution >= 4 is 34.8 Å². The largest absolute Gasteiger partial charge is 0.367 e. The molecule has 0 unspecified atom stereocenters. The van der Waals surface area contributed by atoms with E-state index in [1.807, 2.05) is 0 Å². The van der Waals surface area contributed by atoms with Crippen molar-refractivity contribution in [3.8, 4) is 0 Å². The maximum atomic E-state index is 14.5. The van der Waals surface area contributed by atoms with Crippen LogP contribution in [0, 0.1) is 5.82 Å². The predicted molar refractivity (Wildman–Crippen MR) is 103 cm³/mol. The van der Waals surface area contributed by atoms with Gasteiger partial charge in [-0.15, -0.1) is 0 Å². The molecule has 2 amide bonds. The molecule has 1 saturated carbocycles. The third-order valence-corrected chi connectivity index (χ3v) is 4.38. The van der Waals surface area contributed by atoms with Crippen LogP contribution in [0.2, 0.25) is 0 Å². The van der Waals surface area contributed by atoms with Crippen LogP contribution in [0.5, 0.6) is 0 Å². The van der Waals surface area contributed by atoms with Crippen LogP contribution < -0.4 is 21.7 Å². The van der Waals surface area contributed by atoms with Crippen LogP contribution in [0.3, 0.4) is 0 Å². The minimum absolute atomic E-state index is 0.0250. The molecular weight excluding hydrogens is 349 g/mol. The van der Waals surface area contributed by atoms with E-state index in [1.165, 1.54) is 6.92 Å². The van der Waals surface area contributed by atoms with Crippen molar-refractivity contribution in [2.75, 3.05) is 16.0 Å². The fourth-order valence-electron chi connectivity index (χ4n) is 3.15. The van der Waals surface area contributed by atoms with Crippen LogP contribution in [0.4, 0.5) is 27.4 Å². The number of rotatable bonds is 6. The van der Waals surface area contributed by atoms with Crippen molar-refractivity contribution in [3.63, 3.8) is 0 Å². The topological polar surface area (TPSA) is 109 Å². The maximum absolute atomic E-state index is 14.5. The summed E-state index contributed by atoms with van der Waals surface area (Å²) in [7, 11) is 0. The third-order valence-electron chi connectivity index (χ3n) is 4.38. The summed E-state index contributed by atoms with van der Waals surface area (Å²) in [5.41, 5.74) is 6.53. The van der Waals surface area contributed by atoms with Crippen molar-refractivity contribution in [2.24, 2.45) is 5.73 Å². The number of amides is 2. The van der Waals surface area contributed by atoms with Gasteiger partial charge >= 0.3 is 0 Å². The van der Waals surface area contributed by atoms with Gasteiger partial charge in [0.2, 0.25) is 5.91 Å². The van der Waals surface area contributed by atoms with Gasteiger partial charge in [-0.3, -0.25) is 9.59 Å². The van der Waals surface area contributed by atoms with Crippen LogP contribution in [0.25, 0.3) is 0 Å². The molecule has 3 rings (SSSR count). The van der Waals surface area contributed by atoms with Crippen molar-refractivity contribution < 1.29 is 14.0 Å². The quantitative estimate of drug-likeness (QED) is 0.622. The van der Waals surface area contributed by atoms with Gasteiger partial charge in [-0.2, -0.15) is 0 Å². The Hall–Kier alpha value is -3.16. The van der Waals surface area contributed by atoms with Gasteiger partial charge in [0, 0.05) is 24.3 Å². The number of carbonyl (C=O) groups is 2. The van der Waals surface area contributed by atoms with Crippen molar-refractivity contribution in [2.45, 2.75) is 38.6 Å². The molecule has 0 saturated heterocycles. The summed E-state index contributed by atoms with van der Waals surface area (Å²) in [4.78, 5) is 27.1. The number of nitrogens with two attached hydrogens (primary N) is 1. The molecule has 0 spiro atoms. The Morgan fingerprint density at radius 3 is 2.52 bits per heavy atom. The molecule has 0 atom stereocenters. The van der Waals surface area contributed by atoms with E-state index in [9.17, 15) is 14.0 Å². The van der Waals surface area contributed by atoms with E-state index in [0.29, 0.717) is 11.4 Å². The second-order valence-electron chi connectivity index (χ2n) is 6.59. The van der Waals surface area contributed by atoms with Crippen LogP contribution in [-0.2, 0) is 4.79 Å². The van der Waals surface area contributed by atoms with Crippen LogP contribution in [0.1, 0.15) is 43.0 Å². The lowest BCUT2D eigenvalue weighted by Crippen LogP contribution is -2.22. The first-order chi connectivity index (χ1) is 12.9. The van der Waals surface area contributed by atoms with E-state index in [4.69, 9.17) is 5.73 Å². The molecule has 1 heterocycles. The lowest BCUT2D eigenvalue weighted by molar-refractivity contribution is -0.114. The van der Waals surface area contributed by atoms with Gasteiger partial charge in [-0.1, -0.05) is 18.9 Å². The Morgan fingerprint density at radius 2 is 1.85 bits per heavy atom. The Morgan fingerprint density at radius 1 is 1.15 bits per heavy atom. The summed E-state index contributed by atoms with van der Waals surface area (Å²) in [5.74, 6) is -1.38. The smallest absolute Gasteiger partial charge is 0.252 e. The first kappa shape index (κ1) is 18.6. The van der Waals surface area contributed by atoms with Gasteiger partial charge in [0.25, 0.3) is 5.91 Å². The number of aromatic nitrogens is 1. The van der Waals surface area contributed by atoms with Crippen LogP contribution in [0.15, 0.2) is 30.3 Å². The number of hydrogen-bond donors (Lipinski definition) is 4. The van der Waals surface area contributed by atoms with Crippen LogP contribution >= 0.6 is 0 Å². The highest BCUT2D eigenvalue weighted by Crippen LogP contribution is 2.28. The standard InChI is InChI=1S/C19H22FN5O2/c1-11(26)22-13-7-4-8-14(9-13)24-19-16(20)10-15(17(21)27)18(25-19)23-12-5-2-3-6-12/h4,7-10,12H,2-3,5-6H2,1H3,(H2,21,27)(H,22,26)(H2,23,24,25). The van der Waals surface area contributed by atoms with E-state index in [0.717, 1.165) is 31.7 Å². The fraction of sp³-hybridized carbons (Fsp3) is 0.316. The summed E-state index contributed by atoms with van der Waals surface area (Å²) < 4.78 is 14.5. The highest BCUT2D eigenvalue weighted by Gasteiger charge is 2.21. The van der Waals surface area contributed by atoms with Gasteiger partial charge in [-0.25, -0.2) is 9.37 Å².